The Kier molecular flexibility index (Phi) is 14.6. The molecule has 18 aromatic rings. The Hall–Kier alpha value is -11.9. The predicted molar refractivity (Wildman–Crippen MR) is 389 cm³/mol. The van der Waals surface area contributed by atoms with E-state index < -0.39 is 0 Å². The molecule has 93 heavy (non-hydrogen) atoms. The lowest BCUT2D eigenvalue weighted by molar-refractivity contribution is 0.632. The molecule has 0 radical (unpaired) electrons. The average molecular weight is 1200 g/mol. The maximum atomic E-state index is 15.3. The lowest BCUT2D eigenvalue weighted by Crippen LogP contribution is -1.91. The summed E-state index contributed by atoms with van der Waals surface area (Å²) in [6.45, 7) is 0. The summed E-state index contributed by atoms with van der Waals surface area (Å²) in [5.74, 6) is -0.588. The van der Waals surface area contributed by atoms with Crippen molar-refractivity contribution in [3.8, 4) is 66.8 Å². The standard InChI is InChI=1S/3C30H19F/c31-29-19-18-26-25(24-14-5-10-20-8-1-3-12-22(20)24)15-7-17-28(26)30(29)27-16-6-11-21-9-2-4-13-23(21)27;31-29-17-16-27-26(24-14-12-20-6-1-3-8-22(20)18-24)10-5-11-28(27)30(29)25-15-13-21-7-2-4-9-23(21)19-25;31-29-18-17-27-26(25-12-5-10-21-8-3-4-11-24(21)25)13-6-14-28(27)30(29)23-16-15-20-7-1-2-9-22(20)19-23/h3*1-19H. The van der Waals surface area contributed by atoms with Gasteiger partial charge in [-0.2, -0.15) is 0 Å². The second kappa shape index (κ2) is 24.1. The first-order valence-electron chi connectivity index (χ1n) is 31.4. The Bertz CT molecular complexity index is 5910. The lowest BCUT2D eigenvalue weighted by atomic mass is 9.89. The van der Waals surface area contributed by atoms with Crippen molar-refractivity contribution < 1.29 is 13.2 Å². The number of hydrogen-bond donors (Lipinski definition) is 0. The molecule has 0 saturated heterocycles. The predicted octanol–water partition coefficient (Wildman–Crippen LogP) is 25.9. The van der Waals surface area contributed by atoms with Gasteiger partial charge in [-0.05, 0) is 183 Å². The molecule has 0 aliphatic carbocycles. The molecule has 0 spiro atoms. The smallest absolute Gasteiger partial charge is 0.131 e. The second-order valence-corrected chi connectivity index (χ2v) is 23.7. The summed E-state index contributed by atoms with van der Waals surface area (Å²) in [5, 5.41) is 19.9. The summed E-state index contributed by atoms with van der Waals surface area (Å²) in [4.78, 5) is 0. The Morgan fingerprint density at radius 3 is 0.817 bits per heavy atom. The van der Waals surface area contributed by atoms with Gasteiger partial charge < -0.3 is 0 Å². The van der Waals surface area contributed by atoms with Gasteiger partial charge in [-0.1, -0.05) is 309 Å². The summed E-state index contributed by atoms with van der Waals surface area (Å²) in [6.07, 6.45) is 0. The molecular weight excluding hydrogens is 1140 g/mol. The van der Waals surface area contributed by atoms with E-state index in [4.69, 9.17) is 0 Å². The van der Waals surface area contributed by atoms with Gasteiger partial charge in [0.1, 0.15) is 17.5 Å². The molecule has 0 nitrogen and oxygen atoms in total. The van der Waals surface area contributed by atoms with Crippen molar-refractivity contribution in [2.45, 2.75) is 0 Å². The van der Waals surface area contributed by atoms with Crippen molar-refractivity contribution in [1.29, 1.82) is 0 Å². The molecule has 438 valence electrons. The van der Waals surface area contributed by atoms with E-state index in [0.29, 0.717) is 16.7 Å². The zero-order chi connectivity index (χ0) is 62.4. The van der Waals surface area contributed by atoms with E-state index >= 15 is 13.2 Å². The fraction of sp³-hybridized carbons (Fsp3) is 0. The van der Waals surface area contributed by atoms with Crippen LogP contribution in [-0.4, -0.2) is 0 Å². The molecule has 0 aliphatic heterocycles. The van der Waals surface area contributed by atoms with Crippen LogP contribution in [0.1, 0.15) is 0 Å². The molecule has 18 rings (SSSR count). The molecule has 0 unspecified atom stereocenters. The van der Waals surface area contributed by atoms with Crippen LogP contribution in [-0.2, 0) is 0 Å². The first-order valence-corrected chi connectivity index (χ1v) is 31.4. The van der Waals surface area contributed by atoms with Crippen LogP contribution in [0.25, 0.3) is 164 Å². The van der Waals surface area contributed by atoms with Crippen molar-refractivity contribution in [1.82, 2.24) is 0 Å². The molecule has 0 heterocycles. The van der Waals surface area contributed by atoms with E-state index in [2.05, 4.69) is 212 Å². The number of halogens is 3. The molecule has 18 aromatic carbocycles. The molecule has 0 saturated carbocycles. The average Bonchev–Trinajstić information content (AvgIpc) is 0.805. The van der Waals surface area contributed by atoms with Gasteiger partial charge >= 0.3 is 0 Å². The van der Waals surface area contributed by atoms with Gasteiger partial charge in [-0.25, -0.2) is 13.2 Å². The normalized spacial score (nSPS) is 11.4. The third kappa shape index (κ3) is 10.5. The van der Waals surface area contributed by atoms with Gasteiger partial charge in [-0.3, -0.25) is 0 Å². The molecule has 0 amide bonds. The van der Waals surface area contributed by atoms with Crippen LogP contribution in [0.3, 0.4) is 0 Å². The highest BCUT2D eigenvalue weighted by Crippen LogP contribution is 2.44. The molecule has 0 atom stereocenters. The molecule has 0 aromatic heterocycles. The minimum Gasteiger partial charge on any atom is -0.206 e. The second-order valence-electron chi connectivity index (χ2n) is 23.7. The highest BCUT2D eigenvalue weighted by Gasteiger charge is 2.19. The Labute approximate surface area is 537 Å². The molecular formula is C90H57F3. The third-order valence-corrected chi connectivity index (χ3v) is 18.4. The van der Waals surface area contributed by atoms with Gasteiger partial charge in [-0.15, -0.1) is 0 Å². The quantitative estimate of drug-likeness (QED) is 0.156. The highest BCUT2D eigenvalue weighted by molar-refractivity contribution is 6.13. The van der Waals surface area contributed by atoms with Crippen LogP contribution in [0, 0.1) is 17.5 Å². The molecule has 0 bridgehead atoms. The van der Waals surface area contributed by atoms with Crippen molar-refractivity contribution in [2.75, 3.05) is 0 Å². The molecule has 0 aliphatic rings. The van der Waals surface area contributed by atoms with E-state index in [0.717, 1.165) is 104 Å². The third-order valence-electron chi connectivity index (χ3n) is 18.4. The number of rotatable bonds is 6. The molecule has 0 fully saturated rings. The molecule has 0 N–H and O–H groups in total. The minimum atomic E-state index is -0.196. The van der Waals surface area contributed by atoms with Crippen LogP contribution in [0.4, 0.5) is 13.2 Å². The van der Waals surface area contributed by atoms with Gasteiger partial charge in [0.05, 0.1) is 0 Å². The Morgan fingerprint density at radius 2 is 0.398 bits per heavy atom. The van der Waals surface area contributed by atoms with E-state index in [1.165, 1.54) is 43.4 Å². The highest BCUT2D eigenvalue weighted by atomic mass is 19.1. The maximum Gasteiger partial charge on any atom is 0.131 e. The van der Waals surface area contributed by atoms with Crippen LogP contribution in [0.2, 0.25) is 0 Å². The maximum absolute atomic E-state index is 15.3. The van der Waals surface area contributed by atoms with Gasteiger partial charge in [0.25, 0.3) is 0 Å². The fourth-order valence-electron chi connectivity index (χ4n) is 14.0. The summed E-state index contributed by atoms with van der Waals surface area (Å²) in [7, 11) is 0. The van der Waals surface area contributed by atoms with Crippen LogP contribution >= 0.6 is 0 Å². The van der Waals surface area contributed by atoms with Crippen LogP contribution < -0.4 is 0 Å². The van der Waals surface area contributed by atoms with E-state index in [1.54, 1.807) is 18.2 Å². The Balaban J connectivity index is 0.000000111. The monoisotopic (exact) mass is 1190 g/mol. The van der Waals surface area contributed by atoms with Crippen molar-refractivity contribution >= 4 is 97.0 Å². The van der Waals surface area contributed by atoms with Crippen molar-refractivity contribution in [3.63, 3.8) is 0 Å². The number of benzene rings is 18. The van der Waals surface area contributed by atoms with E-state index in [1.807, 2.05) is 115 Å². The largest absolute Gasteiger partial charge is 0.206 e. The van der Waals surface area contributed by atoms with Crippen LogP contribution in [0.5, 0.6) is 0 Å². The first-order chi connectivity index (χ1) is 45.9. The van der Waals surface area contributed by atoms with Gasteiger partial charge in [0.15, 0.2) is 0 Å². The summed E-state index contributed by atoms with van der Waals surface area (Å²) in [6, 6.07) is 116. The topological polar surface area (TPSA) is 0 Å². The summed E-state index contributed by atoms with van der Waals surface area (Å²) < 4.78 is 45.7. The minimum absolute atomic E-state index is 0.195. The first kappa shape index (κ1) is 56.3. The number of fused-ring (bicyclic) bond motifs is 9. The summed E-state index contributed by atoms with van der Waals surface area (Å²) >= 11 is 0. The van der Waals surface area contributed by atoms with Crippen molar-refractivity contribution in [2.24, 2.45) is 0 Å². The van der Waals surface area contributed by atoms with Gasteiger partial charge in [0.2, 0.25) is 0 Å². The van der Waals surface area contributed by atoms with E-state index in [9.17, 15) is 0 Å². The Morgan fingerprint density at radius 1 is 0.140 bits per heavy atom. The number of hydrogen-bond acceptors (Lipinski definition) is 0. The zero-order valence-corrected chi connectivity index (χ0v) is 50.5. The lowest BCUT2D eigenvalue weighted by Gasteiger charge is -2.15. The SMILES string of the molecule is Fc1ccc2c(-c3ccc4ccccc4c3)cccc2c1-c1ccc2ccccc2c1.Fc1ccc2c(-c3cccc4ccccc34)cccc2c1-c1ccc2ccccc2c1.Fc1ccc2c(-c3cccc4ccccc34)cccc2c1-c1cccc2ccccc12. The van der Waals surface area contributed by atoms with Crippen molar-refractivity contribution in [3.05, 3.63) is 363 Å². The zero-order valence-electron chi connectivity index (χ0n) is 50.5. The van der Waals surface area contributed by atoms with Crippen LogP contribution in [0.15, 0.2) is 346 Å². The fourth-order valence-corrected chi connectivity index (χ4v) is 14.0. The van der Waals surface area contributed by atoms with Gasteiger partial charge in [0, 0.05) is 16.7 Å². The summed E-state index contributed by atoms with van der Waals surface area (Å²) in [5.41, 5.74) is 11.5. The molecule has 3 heteroatoms. The van der Waals surface area contributed by atoms with E-state index in [-0.39, 0.29) is 17.5 Å².